The molecule has 1 aliphatic heterocycles. The lowest BCUT2D eigenvalue weighted by molar-refractivity contribution is 0.0918. The van der Waals surface area contributed by atoms with Crippen LogP contribution in [-0.4, -0.2) is 19.7 Å². The fraction of sp³-hybridized carbons (Fsp3) is 0.571. The van der Waals surface area contributed by atoms with Gasteiger partial charge in [-0.3, -0.25) is 0 Å². The number of halogens is 1. The second-order valence-electron chi connectivity index (χ2n) is 5.18. The molecule has 1 saturated heterocycles. The maximum atomic E-state index is 6.38. The van der Waals surface area contributed by atoms with Crippen molar-refractivity contribution in [3.05, 3.63) is 28.3 Å². The van der Waals surface area contributed by atoms with Crippen LogP contribution in [0.15, 0.2) is 12.1 Å². The predicted octanol–water partition coefficient (Wildman–Crippen LogP) is 3.06. The lowest BCUT2D eigenvalue weighted by atomic mass is 9.96. The third kappa shape index (κ3) is 2.97. The zero-order chi connectivity index (χ0) is 13.1. The standard InChI is InChI=1S/C14H21ClN2O/c1-10-7-11(2)14(13(15)8-10)17-5-3-12(4-6-17)9-18-16/h7-8,12H,3-6,9,16H2,1-2H3. The van der Waals surface area contributed by atoms with E-state index >= 15 is 0 Å². The molecule has 0 radical (unpaired) electrons. The lowest BCUT2D eigenvalue weighted by Crippen LogP contribution is -2.36. The number of nitrogens with two attached hydrogens (primary N) is 1. The first-order chi connectivity index (χ1) is 8.61. The second-order valence-corrected chi connectivity index (χ2v) is 5.58. The molecule has 100 valence electrons. The monoisotopic (exact) mass is 268 g/mol. The Labute approximate surface area is 114 Å². The van der Waals surface area contributed by atoms with Gasteiger partial charge >= 0.3 is 0 Å². The number of rotatable bonds is 3. The average molecular weight is 269 g/mol. The van der Waals surface area contributed by atoms with Gasteiger partial charge in [-0.05, 0) is 49.8 Å². The Hall–Kier alpha value is -0.770. The Morgan fingerprint density at radius 2 is 2.00 bits per heavy atom. The van der Waals surface area contributed by atoms with E-state index in [1.54, 1.807) is 0 Å². The van der Waals surface area contributed by atoms with Crippen molar-refractivity contribution >= 4 is 17.3 Å². The largest absolute Gasteiger partial charge is 0.370 e. The van der Waals surface area contributed by atoms with E-state index in [0.717, 1.165) is 31.0 Å². The van der Waals surface area contributed by atoms with Gasteiger partial charge in [-0.25, -0.2) is 5.90 Å². The van der Waals surface area contributed by atoms with Gasteiger partial charge in [0.15, 0.2) is 0 Å². The molecular weight excluding hydrogens is 248 g/mol. The summed E-state index contributed by atoms with van der Waals surface area (Å²) in [5.74, 6) is 5.71. The molecule has 0 spiro atoms. The molecule has 0 bridgehead atoms. The number of aryl methyl sites for hydroxylation is 2. The molecule has 0 unspecified atom stereocenters. The topological polar surface area (TPSA) is 38.5 Å². The first-order valence-electron chi connectivity index (χ1n) is 6.45. The third-order valence-electron chi connectivity index (χ3n) is 3.66. The van der Waals surface area contributed by atoms with Crippen molar-refractivity contribution in [1.82, 2.24) is 0 Å². The van der Waals surface area contributed by atoms with E-state index in [9.17, 15) is 0 Å². The predicted molar refractivity (Wildman–Crippen MR) is 76.0 cm³/mol. The minimum Gasteiger partial charge on any atom is -0.370 e. The molecule has 1 aliphatic rings. The van der Waals surface area contributed by atoms with Crippen molar-refractivity contribution in [3.8, 4) is 0 Å². The van der Waals surface area contributed by atoms with Gasteiger partial charge in [-0.1, -0.05) is 17.7 Å². The zero-order valence-electron chi connectivity index (χ0n) is 11.1. The summed E-state index contributed by atoms with van der Waals surface area (Å²) < 4.78 is 0. The summed E-state index contributed by atoms with van der Waals surface area (Å²) in [6.07, 6.45) is 2.22. The number of hydrogen-bond acceptors (Lipinski definition) is 3. The number of piperidine rings is 1. The normalized spacial score (nSPS) is 17.2. The van der Waals surface area contributed by atoms with Crippen LogP contribution in [0.3, 0.4) is 0 Å². The average Bonchev–Trinajstić information content (AvgIpc) is 2.30. The lowest BCUT2D eigenvalue weighted by Gasteiger charge is -2.34. The van der Waals surface area contributed by atoms with Crippen LogP contribution in [0.25, 0.3) is 0 Å². The molecule has 1 heterocycles. The summed E-state index contributed by atoms with van der Waals surface area (Å²) in [7, 11) is 0. The van der Waals surface area contributed by atoms with Crippen LogP contribution < -0.4 is 10.8 Å². The van der Waals surface area contributed by atoms with E-state index in [2.05, 4.69) is 24.8 Å². The van der Waals surface area contributed by atoms with Gasteiger partial charge < -0.3 is 9.74 Å². The molecule has 2 N–H and O–H groups in total. The number of hydrogen-bond donors (Lipinski definition) is 1. The van der Waals surface area contributed by atoms with Crippen molar-refractivity contribution in [2.45, 2.75) is 26.7 Å². The van der Waals surface area contributed by atoms with Crippen LogP contribution in [0.4, 0.5) is 5.69 Å². The van der Waals surface area contributed by atoms with Crippen molar-refractivity contribution in [2.24, 2.45) is 11.8 Å². The molecule has 0 atom stereocenters. The SMILES string of the molecule is Cc1cc(C)c(N2CCC(CON)CC2)c(Cl)c1. The summed E-state index contributed by atoms with van der Waals surface area (Å²) >= 11 is 6.38. The van der Waals surface area contributed by atoms with E-state index < -0.39 is 0 Å². The Balaban J connectivity index is 2.10. The van der Waals surface area contributed by atoms with E-state index in [0.29, 0.717) is 12.5 Å². The Bertz CT molecular complexity index is 391. The smallest absolute Gasteiger partial charge is 0.0708 e. The molecule has 0 amide bonds. The zero-order valence-corrected chi connectivity index (χ0v) is 11.8. The Kier molecular flexibility index (Phi) is 4.49. The first-order valence-corrected chi connectivity index (χ1v) is 6.83. The molecule has 0 aliphatic carbocycles. The maximum Gasteiger partial charge on any atom is 0.0708 e. The molecule has 2 rings (SSSR count). The molecule has 1 aromatic rings. The number of benzene rings is 1. The minimum atomic E-state index is 0.579. The van der Waals surface area contributed by atoms with Crippen LogP contribution in [-0.2, 0) is 4.84 Å². The van der Waals surface area contributed by atoms with Gasteiger partial charge in [-0.15, -0.1) is 0 Å². The molecule has 0 aromatic heterocycles. The number of nitrogens with zero attached hydrogens (tertiary/aromatic N) is 1. The van der Waals surface area contributed by atoms with Gasteiger partial charge in [0.25, 0.3) is 0 Å². The van der Waals surface area contributed by atoms with Crippen LogP contribution in [0.5, 0.6) is 0 Å². The van der Waals surface area contributed by atoms with Crippen LogP contribution >= 0.6 is 11.6 Å². The van der Waals surface area contributed by atoms with Gasteiger partial charge in [-0.2, -0.15) is 0 Å². The molecule has 1 aromatic carbocycles. The van der Waals surface area contributed by atoms with Crippen molar-refractivity contribution in [1.29, 1.82) is 0 Å². The number of anilines is 1. The highest BCUT2D eigenvalue weighted by molar-refractivity contribution is 6.33. The summed E-state index contributed by atoms with van der Waals surface area (Å²) in [5.41, 5.74) is 3.66. The summed E-state index contributed by atoms with van der Waals surface area (Å²) in [6.45, 7) is 6.92. The van der Waals surface area contributed by atoms with E-state index in [1.807, 2.05) is 6.07 Å². The third-order valence-corrected chi connectivity index (χ3v) is 3.95. The van der Waals surface area contributed by atoms with Crippen molar-refractivity contribution in [3.63, 3.8) is 0 Å². The highest BCUT2D eigenvalue weighted by Crippen LogP contribution is 2.33. The van der Waals surface area contributed by atoms with E-state index in [-0.39, 0.29) is 0 Å². The van der Waals surface area contributed by atoms with Crippen LogP contribution in [0.2, 0.25) is 5.02 Å². The molecule has 0 saturated carbocycles. The molecule has 18 heavy (non-hydrogen) atoms. The first kappa shape index (κ1) is 13.7. The minimum absolute atomic E-state index is 0.579. The second kappa shape index (κ2) is 5.91. The summed E-state index contributed by atoms with van der Waals surface area (Å²) in [5, 5.41) is 0.862. The van der Waals surface area contributed by atoms with Gasteiger partial charge in [0.2, 0.25) is 0 Å². The van der Waals surface area contributed by atoms with Crippen LogP contribution in [0, 0.1) is 19.8 Å². The summed E-state index contributed by atoms with van der Waals surface area (Å²) in [6, 6.07) is 4.23. The van der Waals surface area contributed by atoms with E-state index in [4.69, 9.17) is 22.3 Å². The summed E-state index contributed by atoms with van der Waals surface area (Å²) in [4.78, 5) is 7.12. The Morgan fingerprint density at radius 3 is 2.56 bits per heavy atom. The van der Waals surface area contributed by atoms with E-state index in [1.165, 1.54) is 16.8 Å². The molecule has 1 fully saturated rings. The van der Waals surface area contributed by atoms with Crippen molar-refractivity contribution in [2.75, 3.05) is 24.6 Å². The molecule has 3 nitrogen and oxygen atoms in total. The Morgan fingerprint density at radius 1 is 1.33 bits per heavy atom. The van der Waals surface area contributed by atoms with Gasteiger partial charge in [0, 0.05) is 13.1 Å². The van der Waals surface area contributed by atoms with Gasteiger partial charge in [0.1, 0.15) is 0 Å². The fourth-order valence-electron chi connectivity index (χ4n) is 2.77. The highest BCUT2D eigenvalue weighted by Gasteiger charge is 2.22. The maximum absolute atomic E-state index is 6.38. The highest BCUT2D eigenvalue weighted by atomic mass is 35.5. The van der Waals surface area contributed by atoms with Crippen molar-refractivity contribution < 1.29 is 4.84 Å². The quantitative estimate of drug-likeness (QED) is 0.857. The fourth-order valence-corrected chi connectivity index (χ4v) is 3.21. The molecular formula is C14H21ClN2O. The van der Waals surface area contributed by atoms with Gasteiger partial charge in [0.05, 0.1) is 17.3 Å². The molecule has 4 heteroatoms. The van der Waals surface area contributed by atoms with Crippen LogP contribution in [0.1, 0.15) is 24.0 Å².